The van der Waals surface area contributed by atoms with Gasteiger partial charge in [-0.25, -0.2) is 4.39 Å². The van der Waals surface area contributed by atoms with Crippen molar-refractivity contribution in [1.29, 1.82) is 0 Å². The van der Waals surface area contributed by atoms with E-state index in [1.807, 2.05) is 6.92 Å². The zero-order valence-electron chi connectivity index (χ0n) is 13.4. The predicted molar refractivity (Wildman–Crippen MR) is 86.7 cm³/mol. The molecule has 0 aliphatic rings. The fourth-order valence-electron chi connectivity index (χ4n) is 2.82. The van der Waals surface area contributed by atoms with E-state index >= 15 is 0 Å². The van der Waals surface area contributed by atoms with Crippen molar-refractivity contribution in [3.8, 4) is 0 Å². The maximum Gasteiger partial charge on any atom is 0.254 e. The number of nitrogens with one attached hydrogen (secondary N) is 2. The number of hydrogen-bond acceptors (Lipinski definition) is 2. The third-order valence-electron chi connectivity index (χ3n) is 4.08. The van der Waals surface area contributed by atoms with E-state index in [0.29, 0.717) is 5.56 Å². The van der Waals surface area contributed by atoms with Crippen molar-refractivity contribution in [2.75, 3.05) is 0 Å². The molecule has 0 bridgehead atoms. The van der Waals surface area contributed by atoms with Crippen molar-refractivity contribution >= 4 is 16.8 Å². The van der Waals surface area contributed by atoms with Crippen LogP contribution in [0.2, 0.25) is 0 Å². The second-order valence-electron chi connectivity index (χ2n) is 5.65. The van der Waals surface area contributed by atoms with Crippen LogP contribution in [0.4, 0.5) is 4.39 Å². The molecule has 2 heterocycles. The first-order chi connectivity index (χ1) is 11.0. The summed E-state index contributed by atoms with van der Waals surface area (Å²) in [6.45, 7) is 4.29. The monoisotopic (exact) mass is 314 g/mol. The molecule has 2 aromatic heterocycles. The molecular weight excluding hydrogens is 295 g/mol. The van der Waals surface area contributed by atoms with Crippen molar-refractivity contribution in [2.24, 2.45) is 7.05 Å². The number of nitrogens with zero attached hydrogens (tertiary/aromatic N) is 2. The lowest BCUT2D eigenvalue weighted by Crippen LogP contribution is -2.22. The predicted octanol–water partition coefficient (Wildman–Crippen LogP) is 2.84. The Balaban J connectivity index is 1.89. The third kappa shape index (κ3) is 2.84. The molecule has 5 nitrogen and oxygen atoms in total. The van der Waals surface area contributed by atoms with Crippen molar-refractivity contribution in [3.63, 3.8) is 0 Å². The Bertz CT molecular complexity index is 878. The first-order valence-electron chi connectivity index (χ1n) is 7.56. The number of H-pyrrole nitrogens is 1. The molecule has 6 heteroatoms. The Kier molecular flexibility index (Phi) is 3.90. The number of carbonyl (C=O) groups is 1. The normalized spacial score (nSPS) is 11.1. The van der Waals surface area contributed by atoms with E-state index < -0.39 is 0 Å². The van der Waals surface area contributed by atoms with Crippen LogP contribution in [0.15, 0.2) is 24.5 Å². The lowest BCUT2D eigenvalue weighted by atomic mass is 10.1. The molecule has 23 heavy (non-hydrogen) atoms. The van der Waals surface area contributed by atoms with Crippen molar-refractivity contribution in [3.05, 3.63) is 52.7 Å². The second-order valence-corrected chi connectivity index (χ2v) is 5.65. The number of amides is 1. The van der Waals surface area contributed by atoms with E-state index in [1.165, 1.54) is 18.3 Å². The fourth-order valence-corrected chi connectivity index (χ4v) is 2.82. The summed E-state index contributed by atoms with van der Waals surface area (Å²) in [5.74, 6) is -0.526. The van der Waals surface area contributed by atoms with Crippen LogP contribution < -0.4 is 5.32 Å². The van der Waals surface area contributed by atoms with Gasteiger partial charge in [-0.1, -0.05) is 6.92 Å². The van der Waals surface area contributed by atoms with Gasteiger partial charge in [0.2, 0.25) is 0 Å². The highest BCUT2D eigenvalue weighted by atomic mass is 19.1. The van der Waals surface area contributed by atoms with Crippen LogP contribution in [-0.4, -0.2) is 20.7 Å². The minimum atomic E-state index is -0.298. The Hall–Kier alpha value is -2.63. The molecule has 0 fully saturated rings. The molecule has 0 spiro atoms. The van der Waals surface area contributed by atoms with Crippen molar-refractivity contribution in [2.45, 2.75) is 26.8 Å². The molecule has 1 aromatic carbocycles. The number of benzene rings is 1. The quantitative estimate of drug-likeness (QED) is 0.778. The minimum absolute atomic E-state index is 0.227. The van der Waals surface area contributed by atoms with Crippen LogP contribution in [-0.2, 0) is 20.0 Å². The van der Waals surface area contributed by atoms with E-state index in [4.69, 9.17) is 0 Å². The van der Waals surface area contributed by atoms with Gasteiger partial charge in [0.1, 0.15) is 5.82 Å². The van der Waals surface area contributed by atoms with Gasteiger partial charge in [0, 0.05) is 30.9 Å². The van der Waals surface area contributed by atoms with E-state index in [2.05, 4.69) is 22.3 Å². The topological polar surface area (TPSA) is 62.7 Å². The number of fused-ring (bicyclic) bond motifs is 1. The largest absolute Gasteiger partial charge is 0.358 e. The molecule has 2 N–H and O–H groups in total. The summed E-state index contributed by atoms with van der Waals surface area (Å²) in [5, 5.41) is 7.66. The van der Waals surface area contributed by atoms with Crippen LogP contribution in [0, 0.1) is 12.7 Å². The Labute approximate surface area is 133 Å². The average molecular weight is 314 g/mol. The Morgan fingerprint density at radius 2 is 2.22 bits per heavy atom. The minimum Gasteiger partial charge on any atom is -0.358 e. The molecule has 0 saturated carbocycles. The molecule has 0 unspecified atom stereocenters. The molecule has 120 valence electrons. The summed E-state index contributed by atoms with van der Waals surface area (Å²) < 4.78 is 15.5. The summed E-state index contributed by atoms with van der Waals surface area (Å²) in [5.41, 5.74) is 4.25. The van der Waals surface area contributed by atoms with Gasteiger partial charge >= 0.3 is 0 Å². The van der Waals surface area contributed by atoms with Gasteiger partial charge in [-0.15, -0.1) is 0 Å². The molecule has 0 aliphatic heterocycles. The third-order valence-corrected chi connectivity index (χ3v) is 4.08. The first kappa shape index (κ1) is 15.3. The summed E-state index contributed by atoms with van der Waals surface area (Å²) >= 11 is 0. The maximum absolute atomic E-state index is 13.9. The lowest BCUT2D eigenvalue weighted by Gasteiger charge is -2.06. The number of halogens is 1. The van der Waals surface area contributed by atoms with Crippen molar-refractivity contribution < 1.29 is 9.18 Å². The van der Waals surface area contributed by atoms with Gasteiger partial charge in [-0.3, -0.25) is 9.48 Å². The van der Waals surface area contributed by atoms with Crippen LogP contribution in [0.5, 0.6) is 0 Å². The number of aromatic nitrogens is 3. The lowest BCUT2D eigenvalue weighted by molar-refractivity contribution is 0.0951. The molecule has 0 atom stereocenters. The van der Waals surface area contributed by atoms with Crippen LogP contribution in [0.1, 0.15) is 34.1 Å². The Morgan fingerprint density at radius 3 is 2.87 bits per heavy atom. The number of aromatic amines is 1. The summed E-state index contributed by atoms with van der Waals surface area (Å²) in [6.07, 6.45) is 4.00. The number of rotatable bonds is 4. The maximum atomic E-state index is 13.9. The van der Waals surface area contributed by atoms with Gasteiger partial charge in [0.05, 0.1) is 17.3 Å². The molecule has 0 aliphatic carbocycles. The smallest absolute Gasteiger partial charge is 0.254 e. The Morgan fingerprint density at radius 1 is 1.43 bits per heavy atom. The van der Waals surface area contributed by atoms with Crippen LogP contribution >= 0.6 is 0 Å². The van der Waals surface area contributed by atoms with Gasteiger partial charge in [-0.2, -0.15) is 5.10 Å². The zero-order chi connectivity index (χ0) is 16.6. The molecule has 3 rings (SSSR count). The SMILES string of the molecule is CCc1[nH]c2c(CNC(=O)c3cnn(C)c3)cc(F)cc2c1C. The van der Waals surface area contributed by atoms with Crippen molar-refractivity contribution in [1.82, 2.24) is 20.1 Å². The van der Waals surface area contributed by atoms with Gasteiger partial charge in [-0.05, 0) is 36.6 Å². The second kappa shape index (κ2) is 5.87. The first-order valence-corrected chi connectivity index (χ1v) is 7.56. The van der Waals surface area contributed by atoms with E-state index in [0.717, 1.165) is 34.1 Å². The number of aryl methyl sites for hydroxylation is 3. The highest BCUT2D eigenvalue weighted by Gasteiger charge is 2.13. The van der Waals surface area contributed by atoms with E-state index in [9.17, 15) is 9.18 Å². The standard InChI is InChI=1S/C17H19FN4O/c1-4-15-10(2)14-6-13(18)5-11(16(14)21-15)7-19-17(23)12-8-20-22(3)9-12/h5-6,8-9,21H,4,7H2,1-3H3,(H,19,23). The zero-order valence-corrected chi connectivity index (χ0v) is 13.4. The van der Waals surface area contributed by atoms with Gasteiger partial charge < -0.3 is 10.3 Å². The summed E-state index contributed by atoms with van der Waals surface area (Å²) in [6, 6.07) is 2.99. The molecule has 0 saturated heterocycles. The fraction of sp³-hybridized carbons (Fsp3) is 0.294. The van der Waals surface area contributed by atoms with Crippen LogP contribution in [0.25, 0.3) is 10.9 Å². The summed E-state index contributed by atoms with van der Waals surface area (Å²) in [4.78, 5) is 15.5. The summed E-state index contributed by atoms with van der Waals surface area (Å²) in [7, 11) is 1.75. The molecule has 1 amide bonds. The number of hydrogen-bond donors (Lipinski definition) is 2. The molecular formula is C17H19FN4O. The van der Waals surface area contributed by atoms with E-state index in [-0.39, 0.29) is 18.3 Å². The van der Waals surface area contributed by atoms with Crippen LogP contribution in [0.3, 0.4) is 0 Å². The highest BCUT2D eigenvalue weighted by molar-refractivity contribution is 5.94. The average Bonchev–Trinajstić information content (AvgIpc) is 3.09. The molecule has 0 radical (unpaired) electrons. The van der Waals surface area contributed by atoms with E-state index in [1.54, 1.807) is 17.9 Å². The van der Waals surface area contributed by atoms with Gasteiger partial charge in [0.25, 0.3) is 5.91 Å². The highest BCUT2D eigenvalue weighted by Crippen LogP contribution is 2.26. The number of carbonyl (C=O) groups excluding carboxylic acids is 1. The molecule has 3 aromatic rings. The van der Waals surface area contributed by atoms with Gasteiger partial charge in [0.15, 0.2) is 0 Å².